The lowest BCUT2D eigenvalue weighted by Crippen LogP contribution is -2.60. The van der Waals surface area contributed by atoms with E-state index in [4.69, 9.17) is 9.47 Å². The van der Waals surface area contributed by atoms with E-state index in [1.165, 1.54) is 0 Å². The molecule has 1 aliphatic carbocycles. The second-order valence-electron chi connectivity index (χ2n) is 10.5. The molecule has 202 valence electrons. The second kappa shape index (κ2) is 11.3. The number of methoxy groups -OCH3 is 1. The quantitative estimate of drug-likeness (QED) is 0.540. The molecule has 1 saturated carbocycles. The highest BCUT2D eigenvalue weighted by Crippen LogP contribution is 2.38. The highest BCUT2D eigenvalue weighted by molar-refractivity contribution is 7.99. The zero-order valence-electron chi connectivity index (χ0n) is 21.8. The fraction of sp³-hybridized carbons (Fsp3) is 0.667. The molecule has 1 aromatic carbocycles. The molecule has 0 unspecified atom stereocenters. The minimum Gasteiger partial charge on any atom is -0.383 e. The van der Waals surface area contributed by atoms with Gasteiger partial charge >= 0.3 is 0 Å². The summed E-state index contributed by atoms with van der Waals surface area (Å²) in [5.74, 6) is -0.409. The first-order valence-corrected chi connectivity index (χ1v) is 14.6. The Bertz CT molecular complexity index is 991. The minimum absolute atomic E-state index is 0.0375. The number of nitrogens with one attached hydrogen (secondary N) is 1. The summed E-state index contributed by atoms with van der Waals surface area (Å²) in [7, 11) is 1.73. The number of ketones is 1. The summed E-state index contributed by atoms with van der Waals surface area (Å²) in [5, 5.41) is 3.19. The summed E-state index contributed by atoms with van der Waals surface area (Å²) in [6.45, 7) is 6.07. The number of nitrogens with zero attached hydrogens (tertiary/aromatic N) is 3. The first kappa shape index (κ1) is 26.5. The number of carbonyl (C=O) groups excluding carboxylic acids is 3. The van der Waals surface area contributed by atoms with Gasteiger partial charge in [-0.2, -0.15) is 11.8 Å². The predicted octanol–water partition coefficient (Wildman–Crippen LogP) is 1.41. The molecule has 4 fully saturated rings. The van der Waals surface area contributed by atoms with Crippen LogP contribution in [0.2, 0.25) is 0 Å². The molecule has 3 atom stereocenters. The third-order valence-corrected chi connectivity index (χ3v) is 9.42. The molecule has 0 aromatic heterocycles. The molecule has 37 heavy (non-hydrogen) atoms. The fourth-order valence-corrected chi connectivity index (χ4v) is 7.04. The molecule has 3 heterocycles. The molecular formula is C27H38N4O5S. The molecule has 10 heteroatoms. The van der Waals surface area contributed by atoms with Crippen LogP contribution in [-0.4, -0.2) is 116 Å². The Kier molecular flexibility index (Phi) is 8.09. The van der Waals surface area contributed by atoms with E-state index in [9.17, 15) is 14.4 Å². The molecular weight excluding hydrogens is 492 g/mol. The number of hydrogen-bond acceptors (Lipinski definition) is 8. The summed E-state index contributed by atoms with van der Waals surface area (Å²) in [4.78, 5) is 46.3. The van der Waals surface area contributed by atoms with Gasteiger partial charge in [-0.25, -0.2) is 0 Å². The van der Waals surface area contributed by atoms with Crippen LogP contribution in [-0.2, 0) is 19.1 Å². The van der Waals surface area contributed by atoms with Crippen LogP contribution in [0.25, 0.3) is 0 Å². The third kappa shape index (κ3) is 5.26. The fourth-order valence-electron chi connectivity index (χ4n) is 6.24. The van der Waals surface area contributed by atoms with E-state index < -0.39 is 11.6 Å². The predicted molar refractivity (Wildman–Crippen MR) is 143 cm³/mol. The molecule has 4 aliphatic rings. The number of anilines is 1. The van der Waals surface area contributed by atoms with Crippen LogP contribution in [0, 0.1) is 0 Å². The van der Waals surface area contributed by atoms with Crippen molar-refractivity contribution in [3.8, 4) is 0 Å². The number of hydrogen-bond donors (Lipinski definition) is 1. The summed E-state index contributed by atoms with van der Waals surface area (Å²) in [5.41, 5.74) is 0.679. The largest absolute Gasteiger partial charge is 0.383 e. The van der Waals surface area contributed by atoms with E-state index in [0.717, 1.165) is 57.9 Å². The molecule has 3 aliphatic heterocycles. The molecule has 9 nitrogen and oxygen atoms in total. The Labute approximate surface area is 223 Å². The van der Waals surface area contributed by atoms with Crippen LogP contribution >= 0.6 is 11.8 Å². The minimum atomic E-state index is -0.963. The van der Waals surface area contributed by atoms with Crippen molar-refractivity contribution in [1.29, 1.82) is 0 Å². The first-order chi connectivity index (χ1) is 18.0. The maximum atomic E-state index is 13.9. The SMILES string of the molecule is COCCN1CCN(c2ccc(C(=O)NC3(C(=O)N4C[C@H](SC)[C@H]5OCC(=O)[C@H]54)CCCC3)cc2)CC1. The summed E-state index contributed by atoms with van der Waals surface area (Å²) < 4.78 is 10.9. The number of piperazine rings is 1. The van der Waals surface area contributed by atoms with Gasteiger partial charge in [-0.05, 0) is 43.4 Å². The highest BCUT2D eigenvalue weighted by Gasteiger charge is 2.56. The van der Waals surface area contributed by atoms with Crippen molar-refractivity contribution in [1.82, 2.24) is 15.1 Å². The number of carbonyl (C=O) groups is 3. The van der Waals surface area contributed by atoms with E-state index in [2.05, 4.69) is 15.1 Å². The third-order valence-electron chi connectivity index (χ3n) is 8.40. The Morgan fingerprint density at radius 3 is 2.49 bits per heavy atom. The van der Waals surface area contributed by atoms with Crippen LogP contribution < -0.4 is 10.2 Å². The van der Waals surface area contributed by atoms with Gasteiger partial charge in [0.05, 0.1) is 18.0 Å². The number of benzene rings is 1. The maximum Gasteiger partial charge on any atom is 0.252 e. The number of likely N-dealkylation sites (tertiary alicyclic amines) is 1. The van der Waals surface area contributed by atoms with Crippen molar-refractivity contribution in [3.05, 3.63) is 29.8 Å². The van der Waals surface area contributed by atoms with E-state index in [0.29, 0.717) is 24.9 Å². The van der Waals surface area contributed by atoms with Gasteiger partial charge in [0, 0.05) is 57.6 Å². The van der Waals surface area contributed by atoms with Crippen LogP contribution in [0.5, 0.6) is 0 Å². The van der Waals surface area contributed by atoms with Gasteiger partial charge in [-0.1, -0.05) is 12.8 Å². The van der Waals surface area contributed by atoms with Crippen molar-refractivity contribution < 1.29 is 23.9 Å². The van der Waals surface area contributed by atoms with Crippen molar-refractivity contribution in [2.45, 2.75) is 48.6 Å². The molecule has 2 amide bonds. The molecule has 0 spiro atoms. The van der Waals surface area contributed by atoms with E-state index >= 15 is 0 Å². The number of Topliss-reactive ketones (excluding diaryl/α,β-unsaturated/α-hetero) is 1. The highest BCUT2D eigenvalue weighted by atomic mass is 32.2. The summed E-state index contributed by atoms with van der Waals surface area (Å²) in [6, 6.07) is 7.14. The van der Waals surface area contributed by atoms with Crippen molar-refractivity contribution in [2.75, 3.05) is 70.7 Å². The molecule has 0 radical (unpaired) electrons. The van der Waals surface area contributed by atoms with Gasteiger partial charge in [0.25, 0.3) is 5.91 Å². The van der Waals surface area contributed by atoms with Crippen LogP contribution in [0.1, 0.15) is 36.0 Å². The normalized spacial score (nSPS) is 27.5. The van der Waals surface area contributed by atoms with Crippen molar-refractivity contribution in [2.24, 2.45) is 0 Å². The number of fused-ring (bicyclic) bond motifs is 1. The van der Waals surface area contributed by atoms with Crippen LogP contribution in [0.15, 0.2) is 24.3 Å². The zero-order valence-corrected chi connectivity index (χ0v) is 22.6. The Morgan fingerprint density at radius 2 is 1.84 bits per heavy atom. The number of amides is 2. The number of rotatable bonds is 8. The molecule has 5 rings (SSSR count). The van der Waals surface area contributed by atoms with E-state index in [-0.39, 0.29) is 35.6 Å². The van der Waals surface area contributed by atoms with Gasteiger partial charge in [0.1, 0.15) is 18.2 Å². The van der Waals surface area contributed by atoms with Crippen molar-refractivity contribution in [3.63, 3.8) is 0 Å². The smallest absolute Gasteiger partial charge is 0.252 e. The average molecular weight is 531 g/mol. The van der Waals surface area contributed by atoms with Gasteiger partial charge in [-0.3, -0.25) is 19.3 Å². The number of thioether (sulfide) groups is 1. The standard InChI is InChI=1S/C27H38N4O5S/c1-35-16-15-29-11-13-30(14-12-29)20-7-5-19(6-8-20)25(33)28-27(9-3-4-10-27)26(34)31-17-22(37-2)24-23(31)21(32)18-36-24/h5-8,22-24H,3-4,9-18H2,1-2H3,(H,28,33)/t22-,23+,24+/m0/s1. The Balaban J connectivity index is 1.25. The van der Waals surface area contributed by atoms with Crippen molar-refractivity contribution >= 4 is 35.0 Å². The zero-order chi connectivity index (χ0) is 26.0. The molecule has 0 bridgehead atoms. The van der Waals surface area contributed by atoms with Crippen LogP contribution in [0.3, 0.4) is 0 Å². The Morgan fingerprint density at radius 1 is 1.14 bits per heavy atom. The summed E-state index contributed by atoms with van der Waals surface area (Å²) in [6.07, 6.45) is 4.67. The second-order valence-corrected chi connectivity index (χ2v) is 11.6. The monoisotopic (exact) mass is 530 g/mol. The lowest BCUT2D eigenvalue weighted by atomic mass is 9.93. The van der Waals surface area contributed by atoms with E-state index in [1.807, 2.05) is 30.5 Å². The lowest BCUT2D eigenvalue weighted by molar-refractivity contribution is -0.141. The van der Waals surface area contributed by atoms with Gasteiger partial charge in [0.2, 0.25) is 5.91 Å². The molecule has 1 N–H and O–H groups in total. The molecule has 1 aromatic rings. The average Bonchev–Trinajstić information content (AvgIpc) is 3.65. The Hall–Kier alpha value is -2.14. The lowest BCUT2D eigenvalue weighted by Gasteiger charge is -2.36. The first-order valence-electron chi connectivity index (χ1n) is 13.3. The maximum absolute atomic E-state index is 13.9. The van der Waals surface area contributed by atoms with E-state index in [1.54, 1.807) is 23.8 Å². The molecule has 3 saturated heterocycles. The van der Waals surface area contributed by atoms with Gasteiger partial charge in [-0.15, -0.1) is 0 Å². The summed E-state index contributed by atoms with van der Waals surface area (Å²) >= 11 is 1.63. The van der Waals surface area contributed by atoms with Gasteiger partial charge < -0.3 is 24.6 Å². The number of ether oxygens (including phenoxy) is 2. The van der Waals surface area contributed by atoms with Gasteiger partial charge in [0.15, 0.2) is 5.78 Å². The van der Waals surface area contributed by atoms with Crippen LogP contribution in [0.4, 0.5) is 5.69 Å². The topological polar surface area (TPSA) is 91.4 Å².